The molecule has 1 N–H and O–H groups in total. The predicted octanol–water partition coefficient (Wildman–Crippen LogP) is 3.33. The SMILES string of the molecule is COCCC(CCCCCC(C)C)C(=O)O. The summed E-state index contributed by atoms with van der Waals surface area (Å²) < 4.78 is 4.92. The lowest BCUT2D eigenvalue weighted by molar-refractivity contribution is -0.142. The first-order chi connectivity index (χ1) is 7.57. The molecule has 96 valence electrons. The van der Waals surface area contributed by atoms with Crippen LogP contribution < -0.4 is 0 Å². The van der Waals surface area contributed by atoms with Crippen LogP contribution in [-0.4, -0.2) is 24.8 Å². The summed E-state index contributed by atoms with van der Waals surface area (Å²) in [5.41, 5.74) is 0. The Morgan fingerprint density at radius 1 is 1.12 bits per heavy atom. The normalized spacial score (nSPS) is 13.0. The van der Waals surface area contributed by atoms with Crippen molar-refractivity contribution in [3.8, 4) is 0 Å². The average molecular weight is 230 g/mol. The molecule has 0 radical (unpaired) electrons. The smallest absolute Gasteiger partial charge is 0.306 e. The average Bonchev–Trinajstić information content (AvgIpc) is 2.21. The van der Waals surface area contributed by atoms with E-state index in [1.165, 1.54) is 12.8 Å². The zero-order valence-electron chi connectivity index (χ0n) is 10.9. The molecule has 16 heavy (non-hydrogen) atoms. The molecule has 3 nitrogen and oxygen atoms in total. The summed E-state index contributed by atoms with van der Waals surface area (Å²) in [6, 6.07) is 0. The lowest BCUT2D eigenvalue weighted by Crippen LogP contribution is -2.15. The molecular formula is C13H26O3. The highest BCUT2D eigenvalue weighted by Crippen LogP contribution is 2.16. The van der Waals surface area contributed by atoms with Gasteiger partial charge in [0.05, 0.1) is 5.92 Å². The van der Waals surface area contributed by atoms with Crippen LogP contribution in [0.3, 0.4) is 0 Å². The number of unbranched alkanes of at least 4 members (excludes halogenated alkanes) is 2. The van der Waals surface area contributed by atoms with Gasteiger partial charge in [-0.15, -0.1) is 0 Å². The Labute approximate surface area is 99.2 Å². The third-order valence-corrected chi connectivity index (χ3v) is 2.85. The van der Waals surface area contributed by atoms with Crippen LogP contribution in [-0.2, 0) is 9.53 Å². The minimum atomic E-state index is -0.680. The van der Waals surface area contributed by atoms with Crippen molar-refractivity contribution < 1.29 is 14.6 Å². The summed E-state index contributed by atoms with van der Waals surface area (Å²) >= 11 is 0. The quantitative estimate of drug-likeness (QED) is 0.585. The number of hydrogen-bond donors (Lipinski definition) is 1. The lowest BCUT2D eigenvalue weighted by Gasteiger charge is -2.11. The van der Waals surface area contributed by atoms with Crippen molar-refractivity contribution in [2.24, 2.45) is 11.8 Å². The van der Waals surface area contributed by atoms with E-state index in [0.29, 0.717) is 13.0 Å². The Balaban J connectivity index is 3.56. The molecule has 0 amide bonds. The maximum absolute atomic E-state index is 10.9. The van der Waals surface area contributed by atoms with Gasteiger partial charge in [-0.05, 0) is 18.8 Å². The molecule has 1 atom stereocenters. The van der Waals surface area contributed by atoms with Gasteiger partial charge >= 0.3 is 5.97 Å². The van der Waals surface area contributed by atoms with Crippen LogP contribution in [0.4, 0.5) is 0 Å². The highest BCUT2D eigenvalue weighted by Gasteiger charge is 2.16. The first-order valence-electron chi connectivity index (χ1n) is 6.29. The third-order valence-electron chi connectivity index (χ3n) is 2.85. The van der Waals surface area contributed by atoms with E-state index in [-0.39, 0.29) is 5.92 Å². The van der Waals surface area contributed by atoms with Gasteiger partial charge in [0.25, 0.3) is 0 Å². The van der Waals surface area contributed by atoms with Gasteiger partial charge in [0.15, 0.2) is 0 Å². The van der Waals surface area contributed by atoms with Crippen LogP contribution >= 0.6 is 0 Å². The molecule has 0 heterocycles. The summed E-state index contributed by atoms with van der Waals surface area (Å²) in [4.78, 5) is 10.9. The second-order valence-electron chi connectivity index (χ2n) is 4.85. The minimum absolute atomic E-state index is 0.223. The molecule has 0 aromatic heterocycles. The fourth-order valence-corrected chi connectivity index (χ4v) is 1.77. The van der Waals surface area contributed by atoms with Gasteiger partial charge in [-0.1, -0.05) is 39.5 Å². The fraction of sp³-hybridized carbons (Fsp3) is 0.923. The van der Waals surface area contributed by atoms with E-state index in [9.17, 15) is 4.79 Å². The van der Waals surface area contributed by atoms with Crippen LogP contribution in [0.25, 0.3) is 0 Å². The Morgan fingerprint density at radius 3 is 2.25 bits per heavy atom. The Hall–Kier alpha value is -0.570. The second-order valence-corrected chi connectivity index (χ2v) is 4.85. The molecule has 0 aromatic carbocycles. The molecule has 0 saturated heterocycles. The third kappa shape index (κ3) is 8.72. The minimum Gasteiger partial charge on any atom is -0.481 e. The van der Waals surface area contributed by atoms with Crippen molar-refractivity contribution in [3.05, 3.63) is 0 Å². The van der Waals surface area contributed by atoms with Crippen molar-refractivity contribution in [3.63, 3.8) is 0 Å². The maximum Gasteiger partial charge on any atom is 0.306 e. The van der Waals surface area contributed by atoms with E-state index in [2.05, 4.69) is 13.8 Å². The molecule has 0 spiro atoms. The summed E-state index contributed by atoms with van der Waals surface area (Å²) in [6.45, 7) is 4.99. The first-order valence-corrected chi connectivity index (χ1v) is 6.29. The molecule has 0 aliphatic heterocycles. The van der Waals surface area contributed by atoms with Gasteiger partial charge in [0.2, 0.25) is 0 Å². The van der Waals surface area contributed by atoms with Crippen molar-refractivity contribution in [1.82, 2.24) is 0 Å². The van der Waals surface area contributed by atoms with Crippen molar-refractivity contribution in [1.29, 1.82) is 0 Å². The molecule has 0 aliphatic carbocycles. The monoisotopic (exact) mass is 230 g/mol. The van der Waals surface area contributed by atoms with Gasteiger partial charge < -0.3 is 9.84 Å². The van der Waals surface area contributed by atoms with E-state index < -0.39 is 5.97 Å². The van der Waals surface area contributed by atoms with Crippen LogP contribution in [0.1, 0.15) is 52.4 Å². The highest BCUT2D eigenvalue weighted by molar-refractivity contribution is 5.69. The number of ether oxygens (including phenoxy) is 1. The van der Waals surface area contributed by atoms with Gasteiger partial charge in [-0.2, -0.15) is 0 Å². The van der Waals surface area contributed by atoms with Crippen LogP contribution in [0, 0.1) is 11.8 Å². The summed E-state index contributed by atoms with van der Waals surface area (Å²) in [5.74, 6) is -0.149. The van der Waals surface area contributed by atoms with Gasteiger partial charge in [-0.25, -0.2) is 0 Å². The Bertz CT molecular complexity index is 178. The number of hydrogen-bond acceptors (Lipinski definition) is 2. The highest BCUT2D eigenvalue weighted by atomic mass is 16.5. The van der Waals surface area contributed by atoms with Gasteiger partial charge in [-0.3, -0.25) is 4.79 Å². The van der Waals surface area contributed by atoms with Crippen molar-refractivity contribution in [2.45, 2.75) is 52.4 Å². The number of carboxylic acids is 1. The van der Waals surface area contributed by atoms with Gasteiger partial charge in [0.1, 0.15) is 0 Å². The number of carbonyl (C=O) groups is 1. The van der Waals surface area contributed by atoms with E-state index in [4.69, 9.17) is 9.84 Å². The molecule has 1 unspecified atom stereocenters. The van der Waals surface area contributed by atoms with Crippen molar-refractivity contribution in [2.75, 3.05) is 13.7 Å². The first kappa shape index (κ1) is 15.4. The molecule has 0 aromatic rings. The molecule has 0 bridgehead atoms. The molecule has 0 rings (SSSR count). The van der Waals surface area contributed by atoms with E-state index >= 15 is 0 Å². The molecule has 3 heteroatoms. The van der Waals surface area contributed by atoms with Gasteiger partial charge in [0, 0.05) is 13.7 Å². The van der Waals surface area contributed by atoms with Crippen molar-refractivity contribution >= 4 is 5.97 Å². The maximum atomic E-state index is 10.9. The number of carboxylic acid groups (broad SMARTS) is 1. The van der Waals surface area contributed by atoms with Crippen LogP contribution in [0.2, 0.25) is 0 Å². The number of methoxy groups -OCH3 is 1. The zero-order chi connectivity index (χ0) is 12.4. The number of aliphatic carboxylic acids is 1. The fourth-order valence-electron chi connectivity index (χ4n) is 1.77. The van der Waals surface area contributed by atoms with E-state index in [0.717, 1.165) is 25.2 Å². The molecule has 0 saturated carbocycles. The Kier molecular flexibility index (Phi) is 9.30. The lowest BCUT2D eigenvalue weighted by atomic mass is 9.97. The molecular weight excluding hydrogens is 204 g/mol. The number of rotatable bonds is 10. The largest absolute Gasteiger partial charge is 0.481 e. The van der Waals surface area contributed by atoms with Crippen LogP contribution in [0.15, 0.2) is 0 Å². The summed E-state index contributed by atoms with van der Waals surface area (Å²) in [5, 5.41) is 8.99. The Morgan fingerprint density at radius 2 is 1.75 bits per heavy atom. The summed E-state index contributed by atoms with van der Waals surface area (Å²) in [6.07, 6.45) is 6.05. The standard InChI is InChI=1S/C13H26O3/c1-11(2)7-5-4-6-8-12(13(14)15)9-10-16-3/h11-12H,4-10H2,1-3H3,(H,14,15). The second kappa shape index (κ2) is 9.64. The predicted molar refractivity (Wildman–Crippen MR) is 65.5 cm³/mol. The van der Waals surface area contributed by atoms with Crippen LogP contribution in [0.5, 0.6) is 0 Å². The van der Waals surface area contributed by atoms with E-state index in [1.807, 2.05) is 0 Å². The molecule has 0 fully saturated rings. The summed E-state index contributed by atoms with van der Waals surface area (Å²) in [7, 11) is 1.61. The topological polar surface area (TPSA) is 46.5 Å². The molecule has 0 aliphatic rings. The van der Waals surface area contributed by atoms with E-state index in [1.54, 1.807) is 7.11 Å². The zero-order valence-corrected chi connectivity index (χ0v) is 10.9.